The summed E-state index contributed by atoms with van der Waals surface area (Å²) in [5.74, 6) is 1.35. The molecule has 0 radical (unpaired) electrons. The van der Waals surface area contributed by atoms with Crippen LogP contribution in [0.1, 0.15) is 12.8 Å². The first-order chi connectivity index (χ1) is 8.16. The SMILES string of the molecule is CN(CC1CCCOC1)c1ncc(Cl)cc1N. The molecule has 2 heterocycles. The van der Waals surface area contributed by atoms with Crippen molar-refractivity contribution in [2.45, 2.75) is 12.8 Å². The van der Waals surface area contributed by atoms with E-state index in [0.717, 1.165) is 32.0 Å². The van der Waals surface area contributed by atoms with Gasteiger partial charge in [0.05, 0.1) is 17.3 Å². The van der Waals surface area contributed by atoms with Gasteiger partial charge in [-0.15, -0.1) is 0 Å². The number of rotatable bonds is 3. The van der Waals surface area contributed by atoms with Gasteiger partial charge in [0.1, 0.15) is 0 Å². The maximum absolute atomic E-state index is 5.91. The Kier molecular flexibility index (Phi) is 4.07. The number of nitrogen functional groups attached to an aromatic ring is 1. The molecule has 0 bridgehead atoms. The van der Waals surface area contributed by atoms with E-state index in [1.54, 1.807) is 12.3 Å². The van der Waals surface area contributed by atoms with Crippen molar-refractivity contribution in [3.63, 3.8) is 0 Å². The molecule has 94 valence electrons. The number of ether oxygens (including phenoxy) is 1. The molecule has 1 aliphatic rings. The summed E-state index contributed by atoms with van der Waals surface area (Å²) in [4.78, 5) is 6.35. The van der Waals surface area contributed by atoms with Gasteiger partial charge in [-0.1, -0.05) is 11.6 Å². The molecule has 2 rings (SSSR count). The van der Waals surface area contributed by atoms with Crippen LogP contribution in [0.2, 0.25) is 5.02 Å². The van der Waals surface area contributed by atoms with Gasteiger partial charge in [0, 0.05) is 26.4 Å². The maximum atomic E-state index is 5.91. The lowest BCUT2D eigenvalue weighted by molar-refractivity contribution is 0.0576. The summed E-state index contributed by atoms with van der Waals surface area (Å²) in [6.45, 7) is 2.64. The van der Waals surface area contributed by atoms with E-state index in [1.807, 2.05) is 7.05 Å². The van der Waals surface area contributed by atoms with Crippen molar-refractivity contribution in [1.82, 2.24) is 4.98 Å². The van der Waals surface area contributed by atoms with Crippen LogP contribution in [0, 0.1) is 5.92 Å². The molecule has 5 heteroatoms. The van der Waals surface area contributed by atoms with E-state index in [9.17, 15) is 0 Å². The topological polar surface area (TPSA) is 51.4 Å². The minimum absolute atomic E-state index is 0.561. The highest BCUT2D eigenvalue weighted by Gasteiger charge is 2.17. The van der Waals surface area contributed by atoms with E-state index < -0.39 is 0 Å². The van der Waals surface area contributed by atoms with Gasteiger partial charge >= 0.3 is 0 Å². The van der Waals surface area contributed by atoms with Crippen molar-refractivity contribution < 1.29 is 4.74 Å². The molecule has 0 aliphatic carbocycles. The summed E-state index contributed by atoms with van der Waals surface area (Å²) < 4.78 is 5.47. The minimum atomic E-state index is 0.561. The molecule has 0 aromatic carbocycles. The number of hydrogen-bond acceptors (Lipinski definition) is 4. The first kappa shape index (κ1) is 12.5. The van der Waals surface area contributed by atoms with Gasteiger partial charge in [-0.05, 0) is 24.8 Å². The molecule has 2 N–H and O–H groups in total. The lowest BCUT2D eigenvalue weighted by atomic mass is 10.0. The molecule has 17 heavy (non-hydrogen) atoms. The lowest BCUT2D eigenvalue weighted by Crippen LogP contribution is -2.31. The van der Waals surface area contributed by atoms with Gasteiger partial charge in [-0.2, -0.15) is 0 Å². The van der Waals surface area contributed by atoms with Gasteiger partial charge in [0.15, 0.2) is 5.82 Å². The Bertz CT molecular complexity index is 380. The zero-order valence-corrected chi connectivity index (χ0v) is 10.8. The second-order valence-corrected chi connectivity index (χ2v) is 4.97. The van der Waals surface area contributed by atoms with E-state index >= 15 is 0 Å². The predicted molar refractivity (Wildman–Crippen MR) is 70.5 cm³/mol. The predicted octanol–water partition coefficient (Wildman–Crippen LogP) is 2.18. The lowest BCUT2D eigenvalue weighted by Gasteiger charge is -2.28. The molecule has 1 aliphatic heterocycles. The summed E-state index contributed by atoms with van der Waals surface area (Å²) in [6, 6.07) is 1.73. The summed E-state index contributed by atoms with van der Waals surface area (Å²) in [5, 5.41) is 0.570. The zero-order chi connectivity index (χ0) is 12.3. The second-order valence-electron chi connectivity index (χ2n) is 4.53. The monoisotopic (exact) mass is 255 g/mol. The molecular formula is C12H18ClN3O. The summed E-state index contributed by atoms with van der Waals surface area (Å²) >= 11 is 5.83. The number of halogens is 1. The van der Waals surface area contributed by atoms with Crippen LogP contribution < -0.4 is 10.6 Å². The van der Waals surface area contributed by atoms with Crippen molar-refractivity contribution in [3.05, 3.63) is 17.3 Å². The molecule has 1 aromatic rings. The molecule has 0 spiro atoms. The number of nitrogens with zero attached hydrogens (tertiary/aromatic N) is 2. The Morgan fingerprint density at radius 1 is 1.65 bits per heavy atom. The van der Waals surface area contributed by atoms with Crippen LogP contribution in [-0.2, 0) is 4.74 Å². The molecule has 1 unspecified atom stereocenters. The Balaban J connectivity index is 2.00. The molecule has 1 atom stereocenters. The highest BCUT2D eigenvalue weighted by Crippen LogP contribution is 2.24. The highest BCUT2D eigenvalue weighted by molar-refractivity contribution is 6.30. The van der Waals surface area contributed by atoms with Crippen molar-refractivity contribution in [1.29, 1.82) is 0 Å². The Morgan fingerprint density at radius 3 is 3.12 bits per heavy atom. The van der Waals surface area contributed by atoms with Crippen LogP contribution in [0.15, 0.2) is 12.3 Å². The van der Waals surface area contributed by atoms with Gasteiger partial charge in [-0.3, -0.25) is 0 Å². The van der Waals surface area contributed by atoms with Crippen LogP contribution >= 0.6 is 11.6 Å². The van der Waals surface area contributed by atoms with Crippen LogP contribution in [0.4, 0.5) is 11.5 Å². The van der Waals surface area contributed by atoms with Crippen LogP contribution in [-0.4, -0.2) is 31.8 Å². The van der Waals surface area contributed by atoms with E-state index in [2.05, 4.69) is 9.88 Å². The average molecular weight is 256 g/mol. The van der Waals surface area contributed by atoms with Crippen molar-refractivity contribution >= 4 is 23.1 Å². The number of nitrogens with two attached hydrogens (primary N) is 1. The normalized spacial score (nSPS) is 20.2. The average Bonchev–Trinajstić information content (AvgIpc) is 2.30. The smallest absolute Gasteiger partial charge is 0.151 e. The van der Waals surface area contributed by atoms with Crippen LogP contribution in [0.5, 0.6) is 0 Å². The fraction of sp³-hybridized carbons (Fsp3) is 0.583. The quantitative estimate of drug-likeness (QED) is 0.900. The molecule has 0 amide bonds. The number of pyridine rings is 1. The number of hydrogen-bond donors (Lipinski definition) is 1. The first-order valence-corrected chi connectivity index (χ1v) is 6.24. The summed E-state index contributed by atoms with van der Waals surface area (Å²) in [6.07, 6.45) is 3.97. The molecule has 1 saturated heterocycles. The van der Waals surface area contributed by atoms with E-state index in [4.69, 9.17) is 22.1 Å². The largest absolute Gasteiger partial charge is 0.396 e. The molecule has 1 aromatic heterocycles. The molecule has 4 nitrogen and oxygen atoms in total. The van der Waals surface area contributed by atoms with E-state index in [0.29, 0.717) is 16.6 Å². The second kappa shape index (κ2) is 5.56. The summed E-state index contributed by atoms with van der Waals surface area (Å²) in [5.41, 5.74) is 6.53. The third-order valence-electron chi connectivity index (χ3n) is 3.01. The fourth-order valence-electron chi connectivity index (χ4n) is 2.19. The third kappa shape index (κ3) is 3.23. The maximum Gasteiger partial charge on any atom is 0.151 e. The van der Waals surface area contributed by atoms with Gasteiger partial charge in [-0.25, -0.2) is 4.98 Å². The van der Waals surface area contributed by atoms with Gasteiger partial charge < -0.3 is 15.4 Å². The molecular weight excluding hydrogens is 238 g/mol. The van der Waals surface area contributed by atoms with Crippen molar-refractivity contribution in [2.75, 3.05) is 37.4 Å². The Hall–Kier alpha value is -1.00. The Labute approximate surface area is 107 Å². The third-order valence-corrected chi connectivity index (χ3v) is 3.22. The van der Waals surface area contributed by atoms with Crippen molar-refractivity contribution in [3.8, 4) is 0 Å². The summed E-state index contributed by atoms with van der Waals surface area (Å²) in [7, 11) is 2.00. The van der Waals surface area contributed by atoms with Gasteiger partial charge in [0.2, 0.25) is 0 Å². The van der Waals surface area contributed by atoms with Gasteiger partial charge in [0.25, 0.3) is 0 Å². The first-order valence-electron chi connectivity index (χ1n) is 5.86. The molecule has 0 saturated carbocycles. The number of aromatic nitrogens is 1. The number of anilines is 2. The van der Waals surface area contributed by atoms with E-state index in [-0.39, 0.29) is 0 Å². The molecule has 1 fully saturated rings. The highest BCUT2D eigenvalue weighted by atomic mass is 35.5. The fourth-order valence-corrected chi connectivity index (χ4v) is 2.36. The standard InChI is InChI=1S/C12H18ClN3O/c1-16(7-9-3-2-4-17-8-9)12-11(14)5-10(13)6-15-12/h5-6,9H,2-4,7-8,14H2,1H3. The van der Waals surface area contributed by atoms with Crippen LogP contribution in [0.25, 0.3) is 0 Å². The zero-order valence-electron chi connectivity index (χ0n) is 10.0. The van der Waals surface area contributed by atoms with Crippen LogP contribution in [0.3, 0.4) is 0 Å². The minimum Gasteiger partial charge on any atom is -0.396 e. The Morgan fingerprint density at radius 2 is 2.47 bits per heavy atom. The van der Waals surface area contributed by atoms with E-state index in [1.165, 1.54) is 6.42 Å². The van der Waals surface area contributed by atoms with Crippen molar-refractivity contribution in [2.24, 2.45) is 5.92 Å².